The summed E-state index contributed by atoms with van der Waals surface area (Å²) >= 11 is 0. The molecule has 0 saturated carbocycles. The van der Waals surface area contributed by atoms with Crippen LogP contribution in [-0.2, 0) is 17.9 Å². The Bertz CT molecular complexity index is 750. The smallest absolute Gasteiger partial charge is 0.234 e. The third-order valence-corrected chi connectivity index (χ3v) is 5.23. The fraction of sp³-hybridized carbons (Fsp3) is 0.409. The van der Waals surface area contributed by atoms with Crippen LogP contribution < -0.4 is 15.8 Å². The lowest BCUT2D eigenvalue weighted by Crippen LogP contribution is -2.38. The van der Waals surface area contributed by atoms with E-state index in [-0.39, 0.29) is 11.3 Å². The third kappa shape index (κ3) is 5.55. The molecule has 1 saturated heterocycles. The first kappa shape index (κ1) is 19.4. The summed E-state index contributed by atoms with van der Waals surface area (Å²) in [5, 5.41) is 3.04. The van der Waals surface area contributed by atoms with Gasteiger partial charge in [-0.1, -0.05) is 49.4 Å². The molecular weight excluding hydrogens is 338 g/mol. The summed E-state index contributed by atoms with van der Waals surface area (Å²) in [7, 11) is 0. The second kappa shape index (κ2) is 9.02. The number of carbonyl (C=O) groups excluding carboxylic acids is 1. The number of amides is 1. The lowest BCUT2D eigenvalue weighted by Gasteiger charge is -2.22. The lowest BCUT2D eigenvalue weighted by atomic mass is 9.90. The van der Waals surface area contributed by atoms with Crippen molar-refractivity contribution in [1.82, 2.24) is 10.2 Å². The molecule has 1 aliphatic rings. The average Bonchev–Trinajstić information content (AvgIpc) is 3.07. The average molecular weight is 367 g/mol. The molecule has 1 amide bonds. The Kier molecular flexibility index (Phi) is 6.48. The van der Waals surface area contributed by atoms with Gasteiger partial charge in [0, 0.05) is 13.1 Å². The third-order valence-electron chi connectivity index (χ3n) is 5.23. The predicted octanol–water partition coefficient (Wildman–Crippen LogP) is 2.55. The highest BCUT2D eigenvalue weighted by molar-refractivity contribution is 5.78. The van der Waals surface area contributed by atoms with E-state index in [1.165, 1.54) is 0 Å². The van der Waals surface area contributed by atoms with E-state index in [9.17, 15) is 4.79 Å². The van der Waals surface area contributed by atoms with Crippen molar-refractivity contribution in [2.24, 2.45) is 11.1 Å². The molecule has 1 atom stereocenters. The maximum atomic E-state index is 12.3. The molecule has 27 heavy (non-hydrogen) atoms. The molecule has 144 valence electrons. The normalized spacial score (nSPS) is 19.8. The Hall–Kier alpha value is -2.37. The molecule has 1 aliphatic heterocycles. The van der Waals surface area contributed by atoms with Gasteiger partial charge in [-0.3, -0.25) is 9.69 Å². The van der Waals surface area contributed by atoms with E-state index < -0.39 is 0 Å². The van der Waals surface area contributed by atoms with Crippen LogP contribution in [0.5, 0.6) is 5.75 Å². The van der Waals surface area contributed by atoms with Crippen molar-refractivity contribution in [1.29, 1.82) is 0 Å². The Morgan fingerprint density at radius 2 is 1.85 bits per heavy atom. The first-order valence-electron chi connectivity index (χ1n) is 9.52. The summed E-state index contributed by atoms with van der Waals surface area (Å²) in [6.07, 6.45) is 1.05. The van der Waals surface area contributed by atoms with Crippen LogP contribution in [0.15, 0.2) is 54.6 Å². The number of nitrogens with two attached hydrogens (primary N) is 1. The minimum Gasteiger partial charge on any atom is -0.489 e. The standard InChI is InChI=1S/C22H29N3O2/c1-22(16-23)11-12-25(17-22)14-21(26)24-13-18-7-5-6-8-19(18)15-27-20-9-3-2-4-10-20/h2-10H,11-17,23H2,1H3,(H,24,26). The van der Waals surface area contributed by atoms with Crippen molar-refractivity contribution >= 4 is 5.91 Å². The molecule has 0 aliphatic carbocycles. The van der Waals surface area contributed by atoms with Crippen molar-refractivity contribution in [2.45, 2.75) is 26.5 Å². The van der Waals surface area contributed by atoms with E-state index in [1.807, 2.05) is 54.6 Å². The first-order chi connectivity index (χ1) is 13.1. The maximum Gasteiger partial charge on any atom is 0.234 e. The Labute approximate surface area is 161 Å². The highest BCUT2D eigenvalue weighted by Crippen LogP contribution is 2.28. The molecule has 5 nitrogen and oxygen atoms in total. The van der Waals surface area contributed by atoms with Gasteiger partial charge in [-0.25, -0.2) is 0 Å². The van der Waals surface area contributed by atoms with Crippen LogP contribution >= 0.6 is 0 Å². The zero-order valence-corrected chi connectivity index (χ0v) is 16.0. The van der Waals surface area contributed by atoms with Gasteiger partial charge >= 0.3 is 0 Å². The van der Waals surface area contributed by atoms with Gasteiger partial charge < -0.3 is 15.8 Å². The summed E-state index contributed by atoms with van der Waals surface area (Å²) in [6.45, 7) is 6.10. The molecule has 0 aromatic heterocycles. The van der Waals surface area contributed by atoms with Crippen molar-refractivity contribution in [3.8, 4) is 5.75 Å². The number of ether oxygens (including phenoxy) is 1. The number of nitrogens with zero attached hydrogens (tertiary/aromatic N) is 1. The van der Waals surface area contributed by atoms with Gasteiger partial charge in [-0.05, 0) is 48.2 Å². The number of para-hydroxylation sites is 1. The van der Waals surface area contributed by atoms with E-state index in [2.05, 4.69) is 17.1 Å². The molecule has 0 spiro atoms. The largest absolute Gasteiger partial charge is 0.489 e. The molecule has 2 aromatic carbocycles. The van der Waals surface area contributed by atoms with Crippen LogP contribution in [0.4, 0.5) is 0 Å². The maximum absolute atomic E-state index is 12.3. The molecule has 0 bridgehead atoms. The van der Waals surface area contributed by atoms with Crippen molar-refractivity contribution < 1.29 is 9.53 Å². The minimum absolute atomic E-state index is 0.0510. The van der Waals surface area contributed by atoms with Crippen molar-refractivity contribution in [3.05, 3.63) is 65.7 Å². The summed E-state index contributed by atoms with van der Waals surface area (Å²) in [4.78, 5) is 14.5. The number of likely N-dealkylation sites (tertiary alicyclic amines) is 1. The van der Waals surface area contributed by atoms with Crippen molar-refractivity contribution in [3.63, 3.8) is 0 Å². The molecule has 3 N–H and O–H groups in total. The summed E-state index contributed by atoms with van der Waals surface area (Å²) < 4.78 is 5.85. The first-order valence-corrected chi connectivity index (χ1v) is 9.52. The van der Waals surface area contributed by atoms with E-state index >= 15 is 0 Å². The summed E-state index contributed by atoms with van der Waals surface area (Å²) in [5.74, 6) is 0.892. The minimum atomic E-state index is 0.0510. The predicted molar refractivity (Wildman–Crippen MR) is 107 cm³/mol. The number of nitrogens with one attached hydrogen (secondary N) is 1. The van der Waals surface area contributed by atoms with Crippen LogP contribution in [0.3, 0.4) is 0 Å². The SMILES string of the molecule is CC1(CN)CCN(CC(=O)NCc2ccccc2COc2ccccc2)C1. The fourth-order valence-corrected chi connectivity index (χ4v) is 3.43. The monoisotopic (exact) mass is 367 g/mol. The van der Waals surface area contributed by atoms with Gasteiger partial charge in [0.05, 0.1) is 6.54 Å². The van der Waals surface area contributed by atoms with Gasteiger partial charge in [-0.15, -0.1) is 0 Å². The van der Waals surface area contributed by atoms with Crippen LogP contribution in [0.25, 0.3) is 0 Å². The van der Waals surface area contributed by atoms with Gasteiger partial charge in [0.15, 0.2) is 0 Å². The van der Waals surface area contributed by atoms with E-state index in [0.717, 1.165) is 36.4 Å². The van der Waals surface area contributed by atoms with E-state index in [0.29, 0.717) is 26.2 Å². The molecule has 1 heterocycles. The highest BCUT2D eigenvalue weighted by atomic mass is 16.5. The van der Waals surface area contributed by atoms with E-state index in [1.54, 1.807) is 0 Å². The molecular formula is C22H29N3O2. The van der Waals surface area contributed by atoms with Crippen LogP contribution in [-0.4, -0.2) is 37.0 Å². The molecule has 5 heteroatoms. The second-order valence-corrected chi connectivity index (χ2v) is 7.62. The number of carbonyl (C=O) groups is 1. The van der Waals surface area contributed by atoms with Crippen molar-refractivity contribution in [2.75, 3.05) is 26.2 Å². The highest BCUT2D eigenvalue weighted by Gasteiger charge is 2.32. The van der Waals surface area contributed by atoms with Gasteiger partial charge in [0.25, 0.3) is 0 Å². The van der Waals surface area contributed by atoms with Crippen LogP contribution in [0.1, 0.15) is 24.5 Å². The fourth-order valence-electron chi connectivity index (χ4n) is 3.43. The number of benzene rings is 2. The molecule has 3 rings (SSSR count). The Balaban J connectivity index is 1.50. The number of hydrogen-bond acceptors (Lipinski definition) is 4. The number of rotatable bonds is 8. The van der Waals surface area contributed by atoms with E-state index in [4.69, 9.17) is 10.5 Å². The quantitative estimate of drug-likeness (QED) is 0.752. The topological polar surface area (TPSA) is 67.6 Å². The molecule has 0 radical (unpaired) electrons. The molecule has 1 unspecified atom stereocenters. The van der Waals surface area contributed by atoms with Gasteiger partial charge in [0.2, 0.25) is 5.91 Å². The Morgan fingerprint density at radius 3 is 2.56 bits per heavy atom. The summed E-state index contributed by atoms with van der Waals surface area (Å²) in [5.41, 5.74) is 8.15. The van der Waals surface area contributed by atoms with Gasteiger partial charge in [-0.2, -0.15) is 0 Å². The lowest BCUT2D eigenvalue weighted by molar-refractivity contribution is -0.122. The Morgan fingerprint density at radius 1 is 1.15 bits per heavy atom. The van der Waals surface area contributed by atoms with Crippen LogP contribution in [0.2, 0.25) is 0 Å². The second-order valence-electron chi connectivity index (χ2n) is 7.62. The number of hydrogen-bond donors (Lipinski definition) is 2. The molecule has 1 fully saturated rings. The van der Waals surface area contributed by atoms with Crippen LogP contribution in [0, 0.1) is 5.41 Å². The van der Waals surface area contributed by atoms with Gasteiger partial charge in [0.1, 0.15) is 12.4 Å². The zero-order valence-electron chi connectivity index (χ0n) is 16.0. The molecule has 2 aromatic rings. The summed E-state index contributed by atoms with van der Waals surface area (Å²) in [6, 6.07) is 17.8. The zero-order chi connectivity index (χ0) is 19.1.